The number of rotatable bonds is 8. The van der Waals surface area contributed by atoms with Crippen molar-refractivity contribution >= 4 is 40.5 Å². The lowest BCUT2D eigenvalue weighted by molar-refractivity contribution is 0.0378. The normalized spacial score (nSPS) is 20.0. The Morgan fingerprint density at radius 2 is 1.88 bits per heavy atom. The first kappa shape index (κ1) is 26.5. The van der Waals surface area contributed by atoms with E-state index in [4.69, 9.17) is 25.2 Å². The number of carbonyl (C=O) groups excluding carboxylic acids is 1. The highest BCUT2D eigenvalue weighted by Crippen LogP contribution is 2.44. The number of piperazine rings is 1. The van der Waals surface area contributed by atoms with Crippen LogP contribution in [0, 0.1) is 6.92 Å². The van der Waals surface area contributed by atoms with Crippen LogP contribution in [0.25, 0.3) is 0 Å². The predicted octanol–water partition coefficient (Wildman–Crippen LogP) is 4.79. The van der Waals surface area contributed by atoms with Crippen LogP contribution in [0.3, 0.4) is 0 Å². The molecule has 3 aromatic rings. The van der Waals surface area contributed by atoms with Crippen molar-refractivity contribution in [2.75, 3.05) is 60.6 Å². The van der Waals surface area contributed by atoms with Gasteiger partial charge in [-0.05, 0) is 51.8 Å². The van der Waals surface area contributed by atoms with E-state index in [0.717, 1.165) is 43.6 Å². The minimum Gasteiger partial charge on any atom is -0.494 e. The largest absolute Gasteiger partial charge is 0.494 e. The highest BCUT2D eigenvalue weighted by molar-refractivity contribution is 5.96. The van der Waals surface area contributed by atoms with Gasteiger partial charge in [0.15, 0.2) is 5.82 Å². The van der Waals surface area contributed by atoms with Crippen molar-refractivity contribution in [2.24, 2.45) is 0 Å². The monoisotopic (exact) mass is 588 g/mol. The number of carbonyl (C=O) groups is 1. The number of methoxy groups -OCH3 is 1. The molecular formula is C32H42N8O3. The maximum Gasteiger partial charge on any atom is 0.343 e. The van der Waals surface area contributed by atoms with E-state index in [-0.39, 0.29) is 17.3 Å². The molecule has 0 amide bonds. The number of nitrogen functional groups attached to an aromatic ring is 1. The van der Waals surface area contributed by atoms with Crippen LogP contribution >= 0.6 is 0 Å². The van der Waals surface area contributed by atoms with Crippen molar-refractivity contribution in [3.63, 3.8) is 0 Å². The lowest BCUT2D eigenvalue weighted by Crippen LogP contribution is -2.47. The number of fused-ring (bicyclic) bond motifs is 1. The van der Waals surface area contributed by atoms with Gasteiger partial charge in [-0.25, -0.2) is 9.78 Å². The van der Waals surface area contributed by atoms with Gasteiger partial charge < -0.3 is 30.3 Å². The molecule has 1 saturated carbocycles. The number of pyridine rings is 1. The van der Waals surface area contributed by atoms with E-state index < -0.39 is 24.0 Å². The molecule has 11 heteroatoms. The van der Waals surface area contributed by atoms with Crippen molar-refractivity contribution in [3.8, 4) is 5.75 Å². The smallest absolute Gasteiger partial charge is 0.343 e. The first-order chi connectivity index (χ1) is 21.3. The highest BCUT2D eigenvalue weighted by atomic mass is 16.5. The summed E-state index contributed by atoms with van der Waals surface area (Å²) in [6.07, 6.45) is 3.56. The Morgan fingerprint density at radius 1 is 1.14 bits per heavy atom. The van der Waals surface area contributed by atoms with E-state index in [1.54, 1.807) is 40.9 Å². The highest BCUT2D eigenvalue weighted by Gasteiger charge is 2.40. The van der Waals surface area contributed by atoms with E-state index in [1.165, 1.54) is 23.9 Å². The number of aryl methyl sites for hydroxylation is 1. The third-order valence-electron chi connectivity index (χ3n) is 8.09. The summed E-state index contributed by atoms with van der Waals surface area (Å²) >= 11 is 0. The summed E-state index contributed by atoms with van der Waals surface area (Å²) < 4.78 is 29.8. The van der Waals surface area contributed by atoms with Gasteiger partial charge in [0.1, 0.15) is 11.3 Å². The van der Waals surface area contributed by atoms with Gasteiger partial charge >= 0.3 is 5.97 Å². The number of aromatic nitrogens is 3. The van der Waals surface area contributed by atoms with Gasteiger partial charge in [-0.15, -0.1) is 0 Å². The molecule has 1 aromatic carbocycles. The van der Waals surface area contributed by atoms with Gasteiger partial charge in [0, 0.05) is 62.1 Å². The maximum absolute atomic E-state index is 13.3. The molecule has 2 fully saturated rings. The van der Waals surface area contributed by atoms with Gasteiger partial charge in [0.25, 0.3) is 0 Å². The standard InChI is InChI=1S/C32H42N8O3/c1-19(2)43-30(41)22-17-34-31(37-29(22)40-18-32(4,5)28-25(40)10-7-20(3)35-28)36-24-15-23(33)26(16-27(24)42-6)39-13-11-38(12-14-39)21-8-9-21/h7,10,15-17,19,21H,8-9,11-14,18,33H2,1-6H3,(H,34,36,37)/i18D2. The average Bonchev–Trinajstić information content (AvgIpc) is 3.82. The first-order valence-electron chi connectivity index (χ1n) is 15.9. The van der Waals surface area contributed by atoms with Crippen LogP contribution in [-0.2, 0) is 10.2 Å². The second kappa shape index (κ2) is 11.2. The molecule has 11 nitrogen and oxygen atoms in total. The van der Waals surface area contributed by atoms with E-state index >= 15 is 0 Å². The number of esters is 1. The van der Waals surface area contributed by atoms with E-state index in [1.807, 2.05) is 25.1 Å². The lowest BCUT2D eigenvalue weighted by Gasteiger charge is -2.37. The summed E-state index contributed by atoms with van der Waals surface area (Å²) in [6, 6.07) is 8.09. The molecule has 43 heavy (non-hydrogen) atoms. The SMILES string of the molecule is [2H]C1([2H])N(c2nc(Nc3cc(N)c(N4CCN(C5CC5)CC4)cc3OC)ncc2C(=O)OC(C)C)c2ccc(C)nc2C1(C)C. The molecule has 4 heterocycles. The third kappa shape index (κ3) is 5.78. The number of benzene rings is 1. The number of hydrogen-bond donors (Lipinski definition) is 2. The Balaban J connectivity index is 1.37. The number of nitrogens with two attached hydrogens (primary N) is 1. The molecule has 0 unspecified atom stereocenters. The minimum atomic E-state index is -2.00. The van der Waals surface area contributed by atoms with Gasteiger partial charge in [0.05, 0.1) is 44.4 Å². The Hall–Kier alpha value is -4.12. The van der Waals surface area contributed by atoms with E-state index in [2.05, 4.69) is 20.1 Å². The lowest BCUT2D eigenvalue weighted by atomic mass is 9.91. The number of anilines is 6. The molecule has 0 radical (unpaired) electrons. The summed E-state index contributed by atoms with van der Waals surface area (Å²) in [6.45, 7) is 10.8. The average molecular weight is 589 g/mol. The fraction of sp³-hybridized carbons (Fsp3) is 0.500. The van der Waals surface area contributed by atoms with Crippen molar-refractivity contribution in [1.82, 2.24) is 19.9 Å². The second-order valence-corrected chi connectivity index (χ2v) is 12.3. The van der Waals surface area contributed by atoms with E-state index in [9.17, 15) is 7.54 Å². The Bertz CT molecular complexity index is 1620. The van der Waals surface area contributed by atoms with Crippen molar-refractivity contribution < 1.29 is 17.0 Å². The number of nitrogens with zero attached hydrogens (tertiary/aromatic N) is 6. The van der Waals surface area contributed by atoms with Gasteiger partial charge in [0.2, 0.25) is 5.95 Å². The molecule has 1 saturated heterocycles. The first-order valence-corrected chi connectivity index (χ1v) is 14.9. The zero-order chi connectivity index (χ0) is 32.3. The van der Waals surface area contributed by atoms with Crippen LogP contribution in [0.1, 0.15) is 65.0 Å². The summed E-state index contributed by atoms with van der Waals surface area (Å²) in [7, 11) is 1.59. The minimum absolute atomic E-state index is 0.0366. The number of ether oxygens (including phenoxy) is 2. The second-order valence-electron chi connectivity index (χ2n) is 12.3. The molecule has 6 rings (SSSR count). The van der Waals surface area contributed by atoms with Gasteiger partial charge in [-0.1, -0.05) is 13.8 Å². The quantitative estimate of drug-likeness (QED) is 0.279. The summed E-state index contributed by atoms with van der Waals surface area (Å²) in [5, 5.41) is 3.21. The van der Waals surface area contributed by atoms with Crippen molar-refractivity contribution in [2.45, 2.75) is 65.0 Å². The Labute approximate surface area is 256 Å². The van der Waals surface area contributed by atoms with E-state index in [0.29, 0.717) is 28.5 Å². The topological polar surface area (TPSA) is 122 Å². The molecule has 1 aliphatic carbocycles. The Morgan fingerprint density at radius 3 is 2.56 bits per heavy atom. The zero-order valence-corrected chi connectivity index (χ0v) is 25.8. The number of nitrogens with one attached hydrogen (secondary N) is 1. The maximum atomic E-state index is 13.3. The van der Waals surface area contributed by atoms with Crippen LogP contribution in [0.15, 0.2) is 30.5 Å². The molecular weight excluding hydrogens is 544 g/mol. The van der Waals surface area contributed by atoms with Crippen LogP contribution in [0.5, 0.6) is 5.75 Å². The summed E-state index contributed by atoms with van der Waals surface area (Å²) in [4.78, 5) is 33.4. The molecule has 3 aliphatic rings. The van der Waals surface area contributed by atoms with Crippen LogP contribution in [0.2, 0.25) is 0 Å². The zero-order valence-electron chi connectivity index (χ0n) is 27.8. The molecule has 228 valence electrons. The molecule has 3 N–H and O–H groups in total. The van der Waals surface area contributed by atoms with Crippen LogP contribution in [-0.4, -0.2) is 77.8 Å². The molecule has 2 aliphatic heterocycles. The van der Waals surface area contributed by atoms with Crippen molar-refractivity contribution in [3.05, 3.63) is 47.4 Å². The van der Waals surface area contributed by atoms with Crippen LogP contribution < -0.4 is 25.6 Å². The van der Waals surface area contributed by atoms with Crippen LogP contribution in [0.4, 0.5) is 34.5 Å². The fourth-order valence-electron chi connectivity index (χ4n) is 5.79. The summed E-state index contributed by atoms with van der Waals surface area (Å²) in [5.74, 6) is 0.107. The molecule has 0 bridgehead atoms. The molecule has 0 atom stereocenters. The molecule has 2 aromatic heterocycles. The number of hydrogen-bond acceptors (Lipinski definition) is 11. The van der Waals surface area contributed by atoms with Crippen molar-refractivity contribution in [1.29, 1.82) is 0 Å². The Kier molecular flexibility index (Phi) is 6.89. The van der Waals surface area contributed by atoms with Gasteiger partial charge in [-0.3, -0.25) is 9.88 Å². The predicted molar refractivity (Wildman–Crippen MR) is 169 cm³/mol. The van der Waals surface area contributed by atoms with Gasteiger partial charge in [-0.2, -0.15) is 4.98 Å². The molecule has 0 spiro atoms. The fourth-order valence-corrected chi connectivity index (χ4v) is 5.79. The third-order valence-corrected chi connectivity index (χ3v) is 8.09. The summed E-state index contributed by atoms with van der Waals surface area (Å²) in [5.41, 5.74) is 9.50.